The highest BCUT2D eigenvalue weighted by Crippen LogP contribution is 2.31. The number of piperidine rings is 1. The maximum atomic E-state index is 12.8. The van der Waals surface area contributed by atoms with Crippen molar-refractivity contribution in [2.45, 2.75) is 42.6 Å². The Hall–Kier alpha value is -2.32. The summed E-state index contributed by atoms with van der Waals surface area (Å²) in [6, 6.07) is 10.1. The smallest absolute Gasteiger partial charge is 0.274 e. The Kier molecular flexibility index (Phi) is 5.41. The number of fused-ring (bicyclic) bond motifs is 1. The molecule has 0 bridgehead atoms. The molecule has 4 rings (SSSR count). The lowest BCUT2D eigenvalue weighted by Crippen LogP contribution is -2.39. The Morgan fingerprint density at radius 2 is 1.96 bits per heavy atom. The average Bonchev–Trinajstić information content (AvgIpc) is 3.06. The van der Waals surface area contributed by atoms with E-state index in [4.69, 9.17) is 0 Å². The van der Waals surface area contributed by atoms with E-state index < -0.39 is 6.10 Å². The lowest BCUT2D eigenvalue weighted by molar-refractivity contribution is 0.0719. The molecule has 148 valence electrons. The fourth-order valence-corrected chi connectivity index (χ4v) is 4.68. The Morgan fingerprint density at radius 1 is 1.25 bits per heavy atom. The summed E-state index contributed by atoms with van der Waals surface area (Å²) in [5, 5.41) is 17.3. The Labute approximate surface area is 168 Å². The summed E-state index contributed by atoms with van der Waals surface area (Å²) in [5.41, 5.74) is 1.85. The number of aliphatic hydroxyl groups is 1. The van der Waals surface area contributed by atoms with Crippen LogP contribution in [0.15, 0.2) is 35.2 Å². The first-order valence-electron chi connectivity index (χ1n) is 9.56. The van der Waals surface area contributed by atoms with E-state index in [0.29, 0.717) is 24.0 Å². The number of hydrogen-bond donors (Lipinski definition) is 2. The molecule has 0 spiro atoms. The SMILES string of the molecule is Cc1ccc(SC2CCN(C(=O)c3cc4n(n3)C[C@H](O)CNC4=O)CC2)cc1. The lowest BCUT2D eigenvalue weighted by Gasteiger charge is -2.31. The molecular formula is C20H24N4O3S. The summed E-state index contributed by atoms with van der Waals surface area (Å²) in [6.45, 7) is 3.84. The maximum absolute atomic E-state index is 12.8. The number of hydrogen-bond acceptors (Lipinski definition) is 5. The number of likely N-dealkylation sites (tertiary alicyclic amines) is 1. The van der Waals surface area contributed by atoms with E-state index in [-0.39, 0.29) is 30.6 Å². The minimum atomic E-state index is -0.706. The summed E-state index contributed by atoms with van der Waals surface area (Å²) in [5.74, 6) is -0.460. The van der Waals surface area contributed by atoms with Crippen LogP contribution in [0, 0.1) is 6.92 Å². The number of rotatable bonds is 3. The van der Waals surface area contributed by atoms with E-state index in [2.05, 4.69) is 41.6 Å². The average molecular weight is 401 g/mol. The molecule has 1 aromatic carbocycles. The summed E-state index contributed by atoms with van der Waals surface area (Å²) in [4.78, 5) is 28.0. The quantitative estimate of drug-likeness (QED) is 0.819. The molecule has 2 N–H and O–H groups in total. The highest BCUT2D eigenvalue weighted by atomic mass is 32.2. The van der Waals surface area contributed by atoms with Crippen molar-refractivity contribution in [3.05, 3.63) is 47.3 Å². The number of nitrogens with one attached hydrogen (secondary N) is 1. The van der Waals surface area contributed by atoms with Crippen LogP contribution in [0.25, 0.3) is 0 Å². The molecule has 1 fully saturated rings. The summed E-state index contributed by atoms with van der Waals surface area (Å²) in [7, 11) is 0. The van der Waals surface area contributed by atoms with Gasteiger partial charge < -0.3 is 15.3 Å². The van der Waals surface area contributed by atoms with Gasteiger partial charge in [-0.15, -0.1) is 11.8 Å². The van der Waals surface area contributed by atoms with Crippen LogP contribution in [0.2, 0.25) is 0 Å². The molecule has 2 aromatic rings. The third kappa shape index (κ3) is 4.07. The minimum Gasteiger partial charge on any atom is -0.389 e. The van der Waals surface area contributed by atoms with Crippen molar-refractivity contribution in [2.75, 3.05) is 19.6 Å². The summed E-state index contributed by atoms with van der Waals surface area (Å²) in [6.07, 6.45) is 1.15. The molecule has 7 nitrogen and oxygen atoms in total. The normalized spacial score (nSPS) is 20.4. The molecule has 1 atom stereocenters. The number of amides is 2. The lowest BCUT2D eigenvalue weighted by atomic mass is 10.1. The van der Waals surface area contributed by atoms with Crippen LogP contribution in [0.1, 0.15) is 39.4 Å². The van der Waals surface area contributed by atoms with Crippen LogP contribution in [-0.2, 0) is 6.54 Å². The molecule has 0 aliphatic carbocycles. The number of β-amino-alcohol motifs (C(OH)–C–C–N with tert-alkyl or cyclic N) is 1. The fraction of sp³-hybridized carbons (Fsp3) is 0.450. The first kappa shape index (κ1) is 19.0. The van der Waals surface area contributed by atoms with Gasteiger partial charge in [0.25, 0.3) is 11.8 Å². The van der Waals surface area contributed by atoms with E-state index in [1.54, 1.807) is 0 Å². The number of nitrogens with zero attached hydrogens (tertiary/aromatic N) is 3. The topological polar surface area (TPSA) is 87.5 Å². The molecule has 0 saturated carbocycles. The maximum Gasteiger partial charge on any atom is 0.274 e. The van der Waals surface area contributed by atoms with Crippen LogP contribution in [-0.4, -0.2) is 62.6 Å². The summed E-state index contributed by atoms with van der Waals surface area (Å²) >= 11 is 1.87. The first-order valence-corrected chi connectivity index (χ1v) is 10.4. The Morgan fingerprint density at radius 3 is 2.68 bits per heavy atom. The van der Waals surface area contributed by atoms with Crippen molar-refractivity contribution in [3.63, 3.8) is 0 Å². The van der Waals surface area contributed by atoms with Gasteiger partial charge in [-0.1, -0.05) is 17.7 Å². The number of aromatic nitrogens is 2. The van der Waals surface area contributed by atoms with Crippen molar-refractivity contribution >= 4 is 23.6 Å². The van der Waals surface area contributed by atoms with Gasteiger partial charge in [-0.25, -0.2) is 0 Å². The second-order valence-electron chi connectivity index (χ2n) is 7.38. The number of aliphatic hydroxyl groups excluding tert-OH is 1. The summed E-state index contributed by atoms with van der Waals surface area (Å²) < 4.78 is 1.43. The van der Waals surface area contributed by atoms with E-state index >= 15 is 0 Å². The third-order valence-electron chi connectivity index (χ3n) is 5.17. The van der Waals surface area contributed by atoms with Crippen molar-refractivity contribution in [1.29, 1.82) is 0 Å². The number of thioether (sulfide) groups is 1. The zero-order valence-electron chi connectivity index (χ0n) is 15.8. The zero-order valence-corrected chi connectivity index (χ0v) is 16.6. The zero-order chi connectivity index (χ0) is 19.7. The second-order valence-corrected chi connectivity index (χ2v) is 8.76. The molecule has 1 saturated heterocycles. The van der Waals surface area contributed by atoms with Gasteiger partial charge >= 0.3 is 0 Å². The number of aryl methyl sites for hydroxylation is 1. The van der Waals surface area contributed by atoms with Crippen molar-refractivity contribution < 1.29 is 14.7 Å². The first-order chi connectivity index (χ1) is 13.5. The van der Waals surface area contributed by atoms with Gasteiger partial charge in [0.2, 0.25) is 0 Å². The van der Waals surface area contributed by atoms with Crippen molar-refractivity contribution in [2.24, 2.45) is 0 Å². The second kappa shape index (κ2) is 7.97. The highest BCUT2D eigenvalue weighted by Gasteiger charge is 2.29. The van der Waals surface area contributed by atoms with Crippen LogP contribution < -0.4 is 5.32 Å². The number of benzene rings is 1. The largest absolute Gasteiger partial charge is 0.389 e. The monoisotopic (exact) mass is 400 g/mol. The molecular weight excluding hydrogens is 376 g/mol. The van der Waals surface area contributed by atoms with Crippen LogP contribution in [0.3, 0.4) is 0 Å². The molecule has 3 heterocycles. The number of carbonyl (C=O) groups excluding carboxylic acids is 2. The van der Waals surface area contributed by atoms with E-state index in [0.717, 1.165) is 12.8 Å². The van der Waals surface area contributed by atoms with Crippen molar-refractivity contribution in [1.82, 2.24) is 20.0 Å². The molecule has 8 heteroatoms. The third-order valence-corrected chi connectivity index (χ3v) is 6.52. The molecule has 0 radical (unpaired) electrons. The van der Waals surface area contributed by atoms with Gasteiger partial charge in [-0.3, -0.25) is 14.3 Å². The fourth-order valence-electron chi connectivity index (χ4n) is 3.56. The highest BCUT2D eigenvalue weighted by molar-refractivity contribution is 8.00. The van der Waals surface area contributed by atoms with Crippen LogP contribution in [0.5, 0.6) is 0 Å². The standard InChI is InChI=1S/C20H24N4O3S/c1-13-2-4-15(5-3-13)28-16-6-8-23(9-7-16)20(27)17-10-18-19(26)21-11-14(25)12-24(18)22-17/h2-5,10,14,16,25H,6-9,11-12H2,1H3,(H,21,26)/t14-/m1/s1. The molecule has 2 amide bonds. The minimum absolute atomic E-state index is 0.151. The predicted octanol–water partition coefficient (Wildman–Crippen LogP) is 1.69. The van der Waals surface area contributed by atoms with E-state index in [1.165, 1.54) is 21.2 Å². The molecule has 28 heavy (non-hydrogen) atoms. The molecule has 2 aliphatic heterocycles. The number of carbonyl (C=O) groups is 2. The van der Waals surface area contributed by atoms with Gasteiger partial charge in [0.05, 0.1) is 12.6 Å². The Balaban J connectivity index is 1.38. The van der Waals surface area contributed by atoms with Crippen LogP contribution >= 0.6 is 11.8 Å². The molecule has 0 unspecified atom stereocenters. The van der Waals surface area contributed by atoms with Crippen molar-refractivity contribution in [3.8, 4) is 0 Å². The van der Waals surface area contributed by atoms with Crippen LogP contribution in [0.4, 0.5) is 0 Å². The van der Waals surface area contributed by atoms with E-state index in [9.17, 15) is 14.7 Å². The molecule has 2 aliphatic rings. The Bertz CT molecular complexity index is 872. The molecule has 1 aromatic heterocycles. The van der Waals surface area contributed by atoms with Gasteiger partial charge in [0.15, 0.2) is 5.69 Å². The van der Waals surface area contributed by atoms with Gasteiger partial charge in [0, 0.05) is 35.8 Å². The van der Waals surface area contributed by atoms with E-state index in [1.807, 2.05) is 16.7 Å². The predicted molar refractivity (Wildman–Crippen MR) is 107 cm³/mol. The van der Waals surface area contributed by atoms with Gasteiger partial charge in [-0.2, -0.15) is 5.10 Å². The van der Waals surface area contributed by atoms with Gasteiger partial charge in [0.1, 0.15) is 5.69 Å². The van der Waals surface area contributed by atoms with Gasteiger partial charge in [-0.05, 0) is 31.9 Å².